The van der Waals surface area contributed by atoms with Crippen molar-refractivity contribution in [2.75, 3.05) is 5.75 Å². The van der Waals surface area contributed by atoms with E-state index in [1.807, 2.05) is 13.0 Å². The predicted molar refractivity (Wildman–Crippen MR) is 113 cm³/mol. The molecule has 0 aliphatic heterocycles. The Labute approximate surface area is 191 Å². The molecule has 0 spiro atoms. The predicted octanol–water partition coefficient (Wildman–Crippen LogP) is 2.38. The number of allylic oxidation sites excluding steroid dienone is 1. The van der Waals surface area contributed by atoms with Crippen LogP contribution in [0.15, 0.2) is 42.5 Å². The molecule has 2 aromatic rings. The van der Waals surface area contributed by atoms with Gasteiger partial charge >= 0.3 is 29.6 Å². The second-order valence-electron chi connectivity index (χ2n) is 6.87. The molecule has 0 heterocycles. The Morgan fingerprint density at radius 3 is 2.21 bits per heavy atom. The normalized spacial score (nSPS) is 11.9. The van der Waals surface area contributed by atoms with Crippen LogP contribution < -0.4 is 29.6 Å². The van der Waals surface area contributed by atoms with Crippen molar-refractivity contribution >= 4 is 28.3 Å². The summed E-state index contributed by atoms with van der Waals surface area (Å²) in [7, 11) is -4.14. The zero-order valence-corrected chi connectivity index (χ0v) is 20.1. The van der Waals surface area contributed by atoms with E-state index in [0.29, 0.717) is 12.8 Å². The van der Waals surface area contributed by atoms with Gasteiger partial charge in [0.1, 0.15) is 0 Å². The fourth-order valence-electron chi connectivity index (χ4n) is 2.98. The summed E-state index contributed by atoms with van der Waals surface area (Å²) in [5.41, 5.74) is 7.03. The number of unbranched alkanes of at least 4 members (excludes halogenated alkanes) is 1. The monoisotopic (exact) mass is 406 g/mol. The molecule has 144 valence electrons. The van der Waals surface area contributed by atoms with Crippen molar-refractivity contribution in [2.45, 2.75) is 40.0 Å². The summed E-state index contributed by atoms with van der Waals surface area (Å²) >= 11 is 0. The summed E-state index contributed by atoms with van der Waals surface area (Å²) in [6.07, 6.45) is 10.1. The van der Waals surface area contributed by atoms with E-state index >= 15 is 0 Å². The molecule has 0 amide bonds. The minimum absolute atomic E-state index is 0. The topological polar surface area (TPSA) is 57.2 Å². The van der Waals surface area contributed by atoms with E-state index in [9.17, 15) is 13.0 Å². The third kappa shape index (κ3) is 8.46. The molecule has 28 heavy (non-hydrogen) atoms. The first kappa shape index (κ1) is 24.9. The molecule has 0 fully saturated rings. The van der Waals surface area contributed by atoms with Crippen molar-refractivity contribution in [3.8, 4) is 0 Å². The van der Waals surface area contributed by atoms with Crippen molar-refractivity contribution in [1.82, 2.24) is 0 Å². The molecule has 2 rings (SSSR count). The standard InChI is InChI=1S/C23H28O3S.Na/c1-4-7-21-17-22(8-5-6-15-27(24,25)26)23(16-19(21)3)14-13-20-11-9-18(2)10-12-20;/h4,7,9-14,16-17H,5-6,8,15H2,1-3H3,(H,24,25,26);/q;+1/p-1/b7-4+,14-13+;. The summed E-state index contributed by atoms with van der Waals surface area (Å²) in [6, 6.07) is 12.7. The molecule has 0 aromatic heterocycles. The van der Waals surface area contributed by atoms with Crippen LogP contribution in [0.5, 0.6) is 0 Å². The largest absolute Gasteiger partial charge is 1.00 e. The van der Waals surface area contributed by atoms with Crippen molar-refractivity contribution in [3.63, 3.8) is 0 Å². The first-order valence-corrected chi connectivity index (χ1v) is 10.8. The van der Waals surface area contributed by atoms with Crippen molar-refractivity contribution in [1.29, 1.82) is 0 Å². The number of aryl methyl sites for hydroxylation is 3. The fourth-order valence-corrected chi connectivity index (χ4v) is 3.54. The molecule has 3 nitrogen and oxygen atoms in total. The molecular weight excluding hydrogens is 379 g/mol. The zero-order chi connectivity index (χ0) is 19.9. The minimum atomic E-state index is -4.14. The van der Waals surface area contributed by atoms with E-state index in [2.05, 4.69) is 68.5 Å². The van der Waals surface area contributed by atoms with Gasteiger partial charge in [0.2, 0.25) is 0 Å². The molecule has 0 bridgehead atoms. The molecule has 0 saturated heterocycles. The number of benzene rings is 2. The van der Waals surface area contributed by atoms with Crippen LogP contribution in [0.1, 0.15) is 53.1 Å². The van der Waals surface area contributed by atoms with Gasteiger partial charge in [-0.1, -0.05) is 66.3 Å². The Morgan fingerprint density at radius 1 is 0.929 bits per heavy atom. The van der Waals surface area contributed by atoms with Gasteiger partial charge in [-0.05, 0) is 67.9 Å². The smallest absolute Gasteiger partial charge is 0.748 e. The molecule has 0 N–H and O–H groups in total. The average Bonchev–Trinajstić information content (AvgIpc) is 2.60. The van der Waals surface area contributed by atoms with E-state index in [-0.39, 0.29) is 35.3 Å². The van der Waals surface area contributed by atoms with Crippen LogP contribution in [0, 0.1) is 13.8 Å². The maximum atomic E-state index is 10.8. The quantitative estimate of drug-likeness (QED) is 0.293. The van der Waals surface area contributed by atoms with Gasteiger partial charge in [-0.2, -0.15) is 0 Å². The second kappa shape index (κ2) is 11.7. The number of rotatable bonds is 8. The average molecular weight is 407 g/mol. The third-order valence-electron chi connectivity index (χ3n) is 4.50. The Kier molecular flexibility index (Phi) is 10.4. The Bertz CT molecular complexity index is 927. The van der Waals surface area contributed by atoms with Crippen LogP contribution in [-0.2, 0) is 16.5 Å². The first-order chi connectivity index (χ1) is 12.8. The molecule has 5 heteroatoms. The Hall–Kier alpha value is -1.17. The van der Waals surface area contributed by atoms with E-state index in [4.69, 9.17) is 0 Å². The molecule has 0 aliphatic rings. The second-order valence-corrected chi connectivity index (χ2v) is 8.39. The van der Waals surface area contributed by atoms with E-state index in [1.165, 1.54) is 16.7 Å². The summed E-state index contributed by atoms with van der Waals surface area (Å²) < 4.78 is 32.4. The molecule has 0 aliphatic carbocycles. The van der Waals surface area contributed by atoms with Crippen molar-refractivity contribution in [3.05, 3.63) is 75.9 Å². The van der Waals surface area contributed by atoms with Crippen LogP contribution >= 0.6 is 0 Å². The van der Waals surface area contributed by atoms with E-state index < -0.39 is 10.1 Å². The first-order valence-electron chi connectivity index (χ1n) is 9.23. The zero-order valence-electron chi connectivity index (χ0n) is 17.2. The maximum Gasteiger partial charge on any atom is 1.00 e. The minimum Gasteiger partial charge on any atom is -0.748 e. The Balaban J connectivity index is 0.00000392. The van der Waals surface area contributed by atoms with Crippen LogP contribution in [0.25, 0.3) is 18.2 Å². The van der Waals surface area contributed by atoms with Gasteiger partial charge in [0.25, 0.3) is 0 Å². The third-order valence-corrected chi connectivity index (χ3v) is 5.29. The van der Waals surface area contributed by atoms with Crippen molar-refractivity contribution < 1.29 is 42.5 Å². The van der Waals surface area contributed by atoms with Crippen LogP contribution in [0.3, 0.4) is 0 Å². The van der Waals surface area contributed by atoms with Gasteiger partial charge in [-0.25, -0.2) is 8.42 Å². The molecule has 2 aromatic carbocycles. The fraction of sp³-hybridized carbons (Fsp3) is 0.304. The summed E-state index contributed by atoms with van der Waals surface area (Å²) in [6.45, 7) is 6.15. The van der Waals surface area contributed by atoms with Gasteiger partial charge in [-0.15, -0.1) is 0 Å². The molecule has 0 unspecified atom stereocenters. The van der Waals surface area contributed by atoms with Crippen LogP contribution in [0.2, 0.25) is 0 Å². The van der Waals surface area contributed by atoms with Crippen molar-refractivity contribution in [2.24, 2.45) is 0 Å². The van der Waals surface area contributed by atoms with Gasteiger partial charge < -0.3 is 4.55 Å². The van der Waals surface area contributed by atoms with Crippen LogP contribution in [-0.4, -0.2) is 18.7 Å². The number of hydrogen-bond acceptors (Lipinski definition) is 3. The van der Waals surface area contributed by atoms with Gasteiger partial charge in [-0.3, -0.25) is 0 Å². The van der Waals surface area contributed by atoms with Crippen LogP contribution in [0.4, 0.5) is 0 Å². The SMILES string of the molecule is C/C=C/c1cc(CCCCS(=O)(=O)[O-])c(/C=C/c2ccc(C)cc2)cc1C.[Na+]. The number of hydrogen-bond donors (Lipinski definition) is 0. The maximum absolute atomic E-state index is 10.8. The molecule has 0 atom stereocenters. The molecular formula is C23H27NaO3S. The van der Waals surface area contributed by atoms with Gasteiger partial charge in [0, 0.05) is 5.75 Å². The Morgan fingerprint density at radius 2 is 1.61 bits per heavy atom. The summed E-state index contributed by atoms with van der Waals surface area (Å²) in [4.78, 5) is 0. The molecule has 0 radical (unpaired) electrons. The van der Waals surface area contributed by atoms with E-state index in [0.717, 1.165) is 23.1 Å². The summed E-state index contributed by atoms with van der Waals surface area (Å²) in [5, 5.41) is 0. The molecule has 0 saturated carbocycles. The van der Waals surface area contributed by atoms with Gasteiger partial charge in [0.15, 0.2) is 0 Å². The summed E-state index contributed by atoms with van der Waals surface area (Å²) in [5.74, 6) is -0.297. The van der Waals surface area contributed by atoms with E-state index in [1.54, 1.807) is 0 Å². The van der Waals surface area contributed by atoms with Gasteiger partial charge in [0.05, 0.1) is 10.1 Å².